The van der Waals surface area contributed by atoms with E-state index in [4.69, 9.17) is 5.73 Å². The maximum atomic E-state index is 6.26. The van der Waals surface area contributed by atoms with Crippen LogP contribution in [0.25, 0.3) is 0 Å². The summed E-state index contributed by atoms with van der Waals surface area (Å²) in [7, 11) is 0. The van der Waals surface area contributed by atoms with Gasteiger partial charge in [0.2, 0.25) is 0 Å². The van der Waals surface area contributed by atoms with Crippen LogP contribution in [0.4, 0.5) is 0 Å². The van der Waals surface area contributed by atoms with Crippen molar-refractivity contribution in [2.75, 3.05) is 0 Å². The maximum Gasteiger partial charge on any atom is 0.0309 e. The summed E-state index contributed by atoms with van der Waals surface area (Å²) in [5.41, 5.74) is 8.72. The van der Waals surface area contributed by atoms with Crippen LogP contribution in [-0.4, -0.2) is 0 Å². The molecule has 3 heteroatoms. The van der Waals surface area contributed by atoms with Crippen molar-refractivity contribution >= 4 is 27.3 Å². The minimum Gasteiger partial charge on any atom is -0.324 e. The van der Waals surface area contributed by atoms with Crippen LogP contribution in [0.15, 0.2) is 40.2 Å². The number of hydrogen-bond donors (Lipinski definition) is 1. The minimum absolute atomic E-state index is 0.103. The molecule has 0 aliphatic heterocycles. The Morgan fingerprint density at radius 3 is 2.88 bits per heavy atom. The Morgan fingerprint density at radius 2 is 2.18 bits per heavy atom. The first kappa shape index (κ1) is 12.8. The summed E-state index contributed by atoms with van der Waals surface area (Å²) in [5.74, 6) is 0. The Kier molecular flexibility index (Phi) is 4.37. The molecule has 17 heavy (non-hydrogen) atoms. The van der Waals surface area contributed by atoms with Crippen LogP contribution in [0.3, 0.4) is 0 Å². The van der Waals surface area contributed by atoms with Gasteiger partial charge in [0.25, 0.3) is 0 Å². The quantitative estimate of drug-likeness (QED) is 0.887. The van der Waals surface area contributed by atoms with Crippen LogP contribution in [0.2, 0.25) is 0 Å². The molecule has 0 spiro atoms. The van der Waals surface area contributed by atoms with Gasteiger partial charge in [0.05, 0.1) is 0 Å². The summed E-state index contributed by atoms with van der Waals surface area (Å²) in [6.45, 7) is 2.10. The highest BCUT2D eigenvalue weighted by molar-refractivity contribution is 9.10. The van der Waals surface area contributed by atoms with E-state index >= 15 is 0 Å². The van der Waals surface area contributed by atoms with Gasteiger partial charge in [-0.25, -0.2) is 0 Å². The molecule has 1 aromatic heterocycles. The van der Waals surface area contributed by atoms with Crippen LogP contribution in [-0.2, 0) is 6.42 Å². The zero-order chi connectivity index (χ0) is 12.3. The van der Waals surface area contributed by atoms with Gasteiger partial charge in [0, 0.05) is 15.4 Å². The molecule has 1 heterocycles. The van der Waals surface area contributed by atoms with Gasteiger partial charge in [-0.2, -0.15) is 0 Å². The molecule has 0 radical (unpaired) electrons. The molecule has 0 fully saturated rings. The fourth-order valence-electron chi connectivity index (χ4n) is 1.86. The van der Waals surface area contributed by atoms with Crippen molar-refractivity contribution in [3.05, 3.63) is 56.2 Å². The Morgan fingerprint density at radius 1 is 1.35 bits per heavy atom. The number of halogens is 1. The third-order valence-corrected chi connectivity index (χ3v) is 4.49. The fraction of sp³-hybridized carbons (Fsp3) is 0.286. The predicted molar refractivity (Wildman–Crippen MR) is 78.4 cm³/mol. The average Bonchev–Trinajstić information content (AvgIpc) is 2.82. The summed E-state index contributed by atoms with van der Waals surface area (Å²) in [6.07, 6.45) is 2.04. The molecule has 2 rings (SSSR count). The van der Waals surface area contributed by atoms with E-state index in [1.54, 1.807) is 11.3 Å². The van der Waals surface area contributed by atoms with E-state index in [2.05, 4.69) is 58.6 Å². The topological polar surface area (TPSA) is 26.0 Å². The first-order valence-electron chi connectivity index (χ1n) is 5.71. The zero-order valence-electron chi connectivity index (χ0n) is 9.82. The molecule has 0 saturated carbocycles. The van der Waals surface area contributed by atoms with Crippen molar-refractivity contribution < 1.29 is 0 Å². The van der Waals surface area contributed by atoms with Crippen LogP contribution in [0.5, 0.6) is 0 Å². The molecule has 0 aliphatic rings. The first-order valence-corrected chi connectivity index (χ1v) is 7.38. The second kappa shape index (κ2) is 5.80. The van der Waals surface area contributed by atoms with E-state index in [1.807, 2.05) is 0 Å². The van der Waals surface area contributed by atoms with E-state index in [0.29, 0.717) is 0 Å². The highest BCUT2D eigenvalue weighted by Crippen LogP contribution is 2.26. The normalized spacial score (nSPS) is 12.6. The molecule has 0 aliphatic carbocycles. The molecule has 1 atom stereocenters. The van der Waals surface area contributed by atoms with E-state index in [1.165, 1.54) is 16.0 Å². The molecule has 2 aromatic rings. The number of hydrogen-bond acceptors (Lipinski definition) is 2. The number of aryl methyl sites for hydroxylation is 2. The third kappa shape index (κ3) is 3.41. The van der Waals surface area contributed by atoms with E-state index in [9.17, 15) is 0 Å². The standard InChI is InChI=1S/C14H16BrNS/c1-10-4-6-13(15)12(9-10)14(16)7-5-11-3-2-8-17-11/h2-4,6,8-9,14H,5,7,16H2,1H3. The SMILES string of the molecule is Cc1ccc(Br)c(C(N)CCc2cccs2)c1. The van der Waals surface area contributed by atoms with E-state index < -0.39 is 0 Å². The van der Waals surface area contributed by atoms with Gasteiger partial charge in [-0.3, -0.25) is 0 Å². The molecule has 1 nitrogen and oxygen atoms in total. The van der Waals surface area contributed by atoms with Crippen molar-refractivity contribution in [3.8, 4) is 0 Å². The van der Waals surface area contributed by atoms with E-state index in [0.717, 1.165) is 17.3 Å². The Labute approximate surface area is 115 Å². The van der Waals surface area contributed by atoms with Gasteiger partial charge in [-0.15, -0.1) is 11.3 Å². The highest BCUT2D eigenvalue weighted by atomic mass is 79.9. The van der Waals surface area contributed by atoms with Gasteiger partial charge in [-0.1, -0.05) is 39.7 Å². The first-order chi connectivity index (χ1) is 8.16. The van der Waals surface area contributed by atoms with Crippen molar-refractivity contribution in [2.24, 2.45) is 5.73 Å². The predicted octanol–water partition coefficient (Wildman–Crippen LogP) is 4.45. The molecular weight excluding hydrogens is 294 g/mol. The molecular formula is C14H16BrNS. The lowest BCUT2D eigenvalue weighted by Gasteiger charge is -2.14. The van der Waals surface area contributed by atoms with Gasteiger partial charge >= 0.3 is 0 Å². The molecule has 2 N–H and O–H groups in total. The molecule has 0 saturated heterocycles. The van der Waals surface area contributed by atoms with Gasteiger partial charge in [0.1, 0.15) is 0 Å². The zero-order valence-corrected chi connectivity index (χ0v) is 12.2. The van der Waals surface area contributed by atoms with Crippen molar-refractivity contribution in [1.82, 2.24) is 0 Å². The molecule has 1 unspecified atom stereocenters. The second-order valence-electron chi connectivity index (χ2n) is 4.25. The maximum absolute atomic E-state index is 6.26. The van der Waals surface area contributed by atoms with Crippen molar-refractivity contribution in [2.45, 2.75) is 25.8 Å². The minimum atomic E-state index is 0.103. The summed E-state index contributed by atoms with van der Waals surface area (Å²) in [4.78, 5) is 1.41. The fourth-order valence-corrected chi connectivity index (χ4v) is 3.12. The lowest BCUT2D eigenvalue weighted by molar-refractivity contribution is 0.652. The van der Waals surface area contributed by atoms with Crippen molar-refractivity contribution in [3.63, 3.8) is 0 Å². The Balaban J connectivity index is 2.04. The summed E-state index contributed by atoms with van der Waals surface area (Å²) in [5, 5.41) is 2.11. The average molecular weight is 310 g/mol. The van der Waals surface area contributed by atoms with Crippen LogP contribution >= 0.6 is 27.3 Å². The Bertz CT molecular complexity index is 479. The van der Waals surface area contributed by atoms with Crippen LogP contribution in [0.1, 0.15) is 28.5 Å². The van der Waals surface area contributed by atoms with Crippen LogP contribution < -0.4 is 5.73 Å². The van der Waals surface area contributed by atoms with Crippen LogP contribution in [0, 0.1) is 6.92 Å². The third-order valence-electron chi connectivity index (χ3n) is 2.83. The van der Waals surface area contributed by atoms with E-state index in [-0.39, 0.29) is 6.04 Å². The smallest absolute Gasteiger partial charge is 0.0309 e. The van der Waals surface area contributed by atoms with Gasteiger partial charge in [-0.05, 0) is 42.8 Å². The largest absolute Gasteiger partial charge is 0.324 e. The lowest BCUT2D eigenvalue weighted by atomic mass is 10.0. The summed E-state index contributed by atoms with van der Waals surface area (Å²) < 4.78 is 1.11. The molecule has 1 aromatic carbocycles. The molecule has 0 bridgehead atoms. The summed E-state index contributed by atoms with van der Waals surface area (Å²) >= 11 is 5.37. The number of rotatable bonds is 4. The van der Waals surface area contributed by atoms with Crippen molar-refractivity contribution in [1.29, 1.82) is 0 Å². The Hall–Kier alpha value is -0.640. The molecule has 0 amide bonds. The number of benzene rings is 1. The number of nitrogens with two attached hydrogens (primary N) is 1. The summed E-state index contributed by atoms with van der Waals surface area (Å²) in [6, 6.07) is 10.7. The van der Waals surface area contributed by atoms with Gasteiger partial charge < -0.3 is 5.73 Å². The number of thiophene rings is 1. The second-order valence-corrected chi connectivity index (χ2v) is 6.14. The highest BCUT2D eigenvalue weighted by Gasteiger charge is 2.10. The van der Waals surface area contributed by atoms with Gasteiger partial charge in [0.15, 0.2) is 0 Å². The lowest BCUT2D eigenvalue weighted by Crippen LogP contribution is -2.12. The monoisotopic (exact) mass is 309 g/mol. The molecule has 90 valence electrons.